The van der Waals surface area contributed by atoms with Gasteiger partial charge < -0.3 is 10.2 Å². The summed E-state index contributed by atoms with van der Waals surface area (Å²) in [5.41, 5.74) is 2.97. The van der Waals surface area contributed by atoms with Crippen molar-refractivity contribution in [2.24, 2.45) is 0 Å². The SMILES string of the molecule is CCN(CC)c1ccc(NC(=O)c2nn3c(C)nnc3s2)c(C)c1. The molecule has 0 bridgehead atoms. The van der Waals surface area contributed by atoms with Crippen LogP contribution in [-0.4, -0.2) is 38.8 Å². The van der Waals surface area contributed by atoms with Crippen molar-refractivity contribution in [3.63, 3.8) is 0 Å². The van der Waals surface area contributed by atoms with Crippen molar-refractivity contribution < 1.29 is 4.79 Å². The van der Waals surface area contributed by atoms with Gasteiger partial charge in [0.05, 0.1) is 0 Å². The quantitative estimate of drug-likeness (QED) is 0.770. The number of carbonyl (C=O) groups is 1. The third-order valence-electron chi connectivity index (χ3n) is 3.93. The first-order chi connectivity index (χ1) is 11.5. The largest absolute Gasteiger partial charge is 0.372 e. The number of hydrogen-bond donors (Lipinski definition) is 1. The second-order valence-electron chi connectivity index (χ2n) is 5.47. The molecule has 0 spiro atoms. The van der Waals surface area contributed by atoms with Gasteiger partial charge in [-0.1, -0.05) is 11.3 Å². The van der Waals surface area contributed by atoms with E-state index in [2.05, 4.69) is 45.4 Å². The normalized spacial score (nSPS) is 11.0. The van der Waals surface area contributed by atoms with Crippen molar-refractivity contribution >= 4 is 33.6 Å². The molecule has 0 saturated carbocycles. The zero-order valence-corrected chi connectivity index (χ0v) is 15.0. The van der Waals surface area contributed by atoms with Crippen molar-refractivity contribution in [2.75, 3.05) is 23.3 Å². The Morgan fingerprint density at radius 2 is 2.00 bits per heavy atom. The van der Waals surface area contributed by atoms with Crippen LogP contribution in [0, 0.1) is 13.8 Å². The van der Waals surface area contributed by atoms with Gasteiger partial charge in [-0.05, 0) is 51.5 Å². The average molecular weight is 344 g/mol. The van der Waals surface area contributed by atoms with E-state index in [1.807, 2.05) is 19.1 Å². The van der Waals surface area contributed by atoms with Crippen LogP contribution in [0.1, 0.15) is 35.0 Å². The number of anilines is 2. The molecule has 126 valence electrons. The standard InChI is InChI=1S/C16H20N6OS/c1-5-21(6-2)12-7-8-13(10(3)9-12)17-14(23)15-20-22-11(4)18-19-16(22)24-15/h7-9H,5-6H2,1-4H3,(H,17,23). The summed E-state index contributed by atoms with van der Waals surface area (Å²) in [4.78, 5) is 15.3. The minimum Gasteiger partial charge on any atom is -0.372 e. The Hall–Kier alpha value is -2.48. The Balaban J connectivity index is 1.81. The van der Waals surface area contributed by atoms with Gasteiger partial charge in [-0.2, -0.15) is 4.52 Å². The molecule has 3 rings (SSSR count). The number of carbonyl (C=O) groups excluding carboxylic acids is 1. The Labute approximate surface area is 144 Å². The minimum absolute atomic E-state index is 0.233. The molecule has 2 aromatic heterocycles. The fourth-order valence-corrected chi connectivity index (χ4v) is 3.34. The third kappa shape index (κ3) is 2.96. The second-order valence-corrected chi connectivity index (χ2v) is 6.43. The summed E-state index contributed by atoms with van der Waals surface area (Å²) in [6.45, 7) is 9.96. The Morgan fingerprint density at radius 3 is 2.62 bits per heavy atom. The van der Waals surface area contributed by atoms with Crippen LogP contribution in [0.25, 0.3) is 4.96 Å². The number of amides is 1. The smallest absolute Gasteiger partial charge is 0.286 e. The monoisotopic (exact) mass is 344 g/mol. The maximum absolute atomic E-state index is 12.4. The molecule has 1 amide bonds. The van der Waals surface area contributed by atoms with Crippen molar-refractivity contribution in [2.45, 2.75) is 27.7 Å². The van der Waals surface area contributed by atoms with Crippen LogP contribution in [0.5, 0.6) is 0 Å². The number of benzene rings is 1. The lowest BCUT2D eigenvalue weighted by atomic mass is 10.1. The molecular formula is C16H20N6OS. The highest BCUT2D eigenvalue weighted by Crippen LogP contribution is 2.24. The van der Waals surface area contributed by atoms with Crippen molar-refractivity contribution in [3.05, 3.63) is 34.6 Å². The van der Waals surface area contributed by atoms with E-state index in [-0.39, 0.29) is 5.91 Å². The molecule has 0 unspecified atom stereocenters. The molecule has 0 radical (unpaired) electrons. The number of aromatic nitrogens is 4. The van der Waals surface area contributed by atoms with Gasteiger partial charge in [0, 0.05) is 24.5 Å². The lowest BCUT2D eigenvalue weighted by Gasteiger charge is -2.22. The number of aryl methyl sites for hydroxylation is 2. The zero-order chi connectivity index (χ0) is 17.3. The van der Waals surface area contributed by atoms with Gasteiger partial charge in [0.2, 0.25) is 9.97 Å². The predicted octanol–water partition coefficient (Wildman–Crippen LogP) is 2.90. The fourth-order valence-electron chi connectivity index (χ4n) is 2.56. The average Bonchev–Trinajstić information content (AvgIpc) is 3.13. The Morgan fingerprint density at radius 1 is 1.25 bits per heavy atom. The first kappa shape index (κ1) is 16.4. The molecular weight excluding hydrogens is 324 g/mol. The van der Waals surface area contributed by atoms with Gasteiger partial charge in [0.25, 0.3) is 5.91 Å². The van der Waals surface area contributed by atoms with Crippen LogP contribution in [0.4, 0.5) is 11.4 Å². The molecule has 0 aliphatic rings. The first-order valence-corrected chi connectivity index (χ1v) is 8.71. The molecule has 0 fully saturated rings. The van der Waals surface area contributed by atoms with E-state index in [4.69, 9.17) is 0 Å². The van der Waals surface area contributed by atoms with E-state index < -0.39 is 0 Å². The minimum atomic E-state index is -0.233. The summed E-state index contributed by atoms with van der Waals surface area (Å²) in [5.74, 6) is 0.434. The number of nitrogens with zero attached hydrogens (tertiary/aromatic N) is 5. The molecule has 0 saturated heterocycles. The highest BCUT2D eigenvalue weighted by Gasteiger charge is 2.16. The highest BCUT2D eigenvalue weighted by atomic mass is 32.1. The Bertz CT molecular complexity index is 880. The molecule has 0 atom stereocenters. The maximum Gasteiger partial charge on any atom is 0.286 e. The second kappa shape index (κ2) is 6.56. The molecule has 8 heteroatoms. The number of hydrogen-bond acceptors (Lipinski definition) is 6. The summed E-state index contributed by atoms with van der Waals surface area (Å²) in [6, 6.07) is 6.05. The first-order valence-electron chi connectivity index (χ1n) is 7.89. The summed E-state index contributed by atoms with van der Waals surface area (Å²) in [7, 11) is 0. The molecule has 2 heterocycles. The van der Waals surface area contributed by atoms with E-state index in [1.54, 1.807) is 11.4 Å². The van der Waals surface area contributed by atoms with Gasteiger partial charge in [0.1, 0.15) is 0 Å². The predicted molar refractivity (Wildman–Crippen MR) is 96.1 cm³/mol. The zero-order valence-electron chi connectivity index (χ0n) is 14.2. The van der Waals surface area contributed by atoms with Crippen LogP contribution in [0.15, 0.2) is 18.2 Å². The van der Waals surface area contributed by atoms with Gasteiger partial charge in [0.15, 0.2) is 5.82 Å². The van der Waals surface area contributed by atoms with Crippen LogP contribution in [-0.2, 0) is 0 Å². The van der Waals surface area contributed by atoms with E-state index in [0.29, 0.717) is 15.8 Å². The van der Waals surface area contributed by atoms with Gasteiger partial charge in [-0.3, -0.25) is 4.79 Å². The third-order valence-corrected chi connectivity index (χ3v) is 4.83. The summed E-state index contributed by atoms with van der Waals surface area (Å²) in [5, 5.41) is 15.5. The van der Waals surface area contributed by atoms with Crippen LogP contribution < -0.4 is 10.2 Å². The lowest BCUT2D eigenvalue weighted by molar-refractivity contribution is 0.102. The fraction of sp³-hybridized carbons (Fsp3) is 0.375. The van der Waals surface area contributed by atoms with Gasteiger partial charge in [-0.25, -0.2) is 0 Å². The van der Waals surface area contributed by atoms with Gasteiger partial charge >= 0.3 is 0 Å². The molecule has 24 heavy (non-hydrogen) atoms. The number of fused-ring (bicyclic) bond motifs is 1. The van der Waals surface area contributed by atoms with Crippen LogP contribution in [0.3, 0.4) is 0 Å². The van der Waals surface area contributed by atoms with Crippen molar-refractivity contribution in [3.8, 4) is 0 Å². The van der Waals surface area contributed by atoms with Crippen LogP contribution in [0.2, 0.25) is 0 Å². The van der Waals surface area contributed by atoms with E-state index in [9.17, 15) is 4.79 Å². The topological polar surface area (TPSA) is 75.4 Å². The molecule has 0 aliphatic heterocycles. The molecule has 7 nitrogen and oxygen atoms in total. The van der Waals surface area contributed by atoms with Gasteiger partial charge in [-0.15, -0.1) is 15.3 Å². The maximum atomic E-state index is 12.4. The highest BCUT2D eigenvalue weighted by molar-refractivity contribution is 7.18. The molecule has 3 aromatic rings. The summed E-state index contributed by atoms with van der Waals surface area (Å²) in [6.07, 6.45) is 0. The van der Waals surface area contributed by atoms with Crippen molar-refractivity contribution in [1.29, 1.82) is 0 Å². The van der Waals surface area contributed by atoms with E-state index in [0.717, 1.165) is 30.0 Å². The molecule has 1 aromatic carbocycles. The molecule has 0 aliphatic carbocycles. The number of nitrogens with one attached hydrogen (secondary N) is 1. The Kier molecular flexibility index (Phi) is 4.48. The van der Waals surface area contributed by atoms with Crippen molar-refractivity contribution in [1.82, 2.24) is 19.8 Å². The molecule has 1 N–H and O–H groups in total. The number of rotatable bonds is 5. The summed E-state index contributed by atoms with van der Waals surface area (Å²) >= 11 is 1.22. The van der Waals surface area contributed by atoms with E-state index >= 15 is 0 Å². The van der Waals surface area contributed by atoms with E-state index in [1.165, 1.54) is 11.3 Å². The lowest BCUT2D eigenvalue weighted by Crippen LogP contribution is -2.22. The summed E-state index contributed by atoms with van der Waals surface area (Å²) < 4.78 is 1.58. The van der Waals surface area contributed by atoms with Crippen LogP contribution >= 0.6 is 11.3 Å².